The zero-order valence-electron chi connectivity index (χ0n) is 17.5. The van der Waals surface area contributed by atoms with Gasteiger partial charge < -0.3 is 4.90 Å². The summed E-state index contributed by atoms with van der Waals surface area (Å²) in [6.07, 6.45) is 1.64. The zero-order chi connectivity index (χ0) is 22.1. The van der Waals surface area contributed by atoms with Gasteiger partial charge in [-0.3, -0.25) is 4.79 Å². The van der Waals surface area contributed by atoms with Gasteiger partial charge in [-0.15, -0.1) is 0 Å². The molecule has 0 saturated heterocycles. The Bertz CT molecular complexity index is 1250. The molecule has 1 amide bonds. The maximum atomic E-state index is 13.7. The molecule has 0 aliphatic rings. The molecule has 4 aromatic rings. The van der Waals surface area contributed by atoms with Gasteiger partial charge in [-0.25, -0.2) is 18.4 Å². The van der Waals surface area contributed by atoms with Crippen LogP contribution in [0.25, 0.3) is 22.3 Å². The van der Waals surface area contributed by atoms with Crippen LogP contribution in [0.5, 0.6) is 0 Å². The lowest BCUT2D eigenvalue weighted by Gasteiger charge is -2.26. The van der Waals surface area contributed by atoms with E-state index in [1.807, 2.05) is 37.3 Å². The van der Waals surface area contributed by atoms with Crippen LogP contribution in [0.1, 0.15) is 35.8 Å². The van der Waals surface area contributed by atoms with Gasteiger partial charge in [0.25, 0.3) is 5.91 Å². The van der Waals surface area contributed by atoms with Crippen LogP contribution in [0, 0.1) is 11.6 Å². The van der Waals surface area contributed by atoms with Crippen molar-refractivity contribution >= 4 is 16.9 Å². The number of benzene rings is 2. The number of nitrogens with zero attached hydrogens (tertiary/aromatic N) is 4. The number of hydrogen-bond acceptors (Lipinski definition) is 3. The van der Waals surface area contributed by atoms with Crippen molar-refractivity contribution in [2.45, 2.75) is 26.4 Å². The molecule has 2 heterocycles. The van der Waals surface area contributed by atoms with Gasteiger partial charge >= 0.3 is 0 Å². The Hall–Kier alpha value is -3.61. The monoisotopic (exact) mass is 420 g/mol. The Morgan fingerprint density at radius 3 is 2.52 bits per heavy atom. The van der Waals surface area contributed by atoms with Crippen LogP contribution in [0.15, 0.2) is 60.8 Å². The van der Waals surface area contributed by atoms with Crippen molar-refractivity contribution in [3.8, 4) is 11.3 Å². The van der Waals surface area contributed by atoms with E-state index in [0.717, 1.165) is 17.7 Å². The first-order valence-electron chi connectivity index (χ1n) is 10.0. The summed E-state index contributed by atoms with van der Waals surface area (Å²) < 4.78 is 28.8. The molecule has 158 valence electrons. The molecule has 1 atom stereocenters. The van der Waals surface area contributed by atoms with E-state index < -0.39 is 17.7 Å². The fourth-order valence-electron chi connectivity index (χ4n) is 3.57. The van der Waals surface area contributed by atoms with Crippen LogP contribution < -0.4 is 0 Å². The summed E-state index contributed by atoms with van der Waals surface area (Å²) in [7, 11) is 1.65. The highest BCUT2D eigenvalue weighted by Crippen LogP contribution is 2.28. The molecule has 0 aliphatic carbocycles. The molecule has 2 aromatic carbocycles. The number of carbonyl (C=O) groups excluding carboxylic acids is 1. The van der Waals surface area contributed by atoms with E-state index in [4.69, 9.17) is 4.98 Å². The van der Waals surface area contributed by atoms with Crippen LogP contribution in [-0.4, -0.2) is 32.6 Å². The zero-order valence-corrected chi connectivity index (χ0v) is 17.5. The van der Waals surface area contributed by atoms with E-state index in [1.165, 1.54) is 11.0 Å². The maximum Gasteiger partial charge on any atom is 0.254 e. The predicted molar refractivity (Wildman–Crippen MR) is 116 cm³/mol. The predicted octanol–water partition coefficient (Wildman–Crippen LogP) is 5.23. The fourth-order valence-corrected chi connectivity index (χ4v) is 3.57. The third-order valence-corrected chi connectivity index (χ3v) is 5.54. The molecule has 0 spiro atoms. The lowest BCUT2D eigenvalue weighted by atomic mass is 10.0. The van der Waals surface area contributed by atoms with Crippen LogP contribution in [0.3, 0.4) is 0 Å². The average Bonchev–Trinajstić information content (AvgIpc) is 3.22. The quantitative estimate of drug-likeness (QED) is 0.444. The molecule has 31 heavy (non-hydrogen) atoms. The van der Waals surface area contributed by atoms with Gasteiger partial charge in [-0.05, 0) is 37.6 Å². The van der Waals surface area contributed by atoms with Crippen molar-refractivity contribution in [1.82, 2.24) is 19.7 Å². The van der Waals surface area contributed by atoms with E-state index in [2.05, 4.69) is 5.10 Å². The number of fused-ring (bicyclic) bond motifs is 1. The third kappa shape index (κ3) is 3.79. The minimum atomic E-state index is -0.938. The fraction of sp³-hybridized carbons (Fsp3) is 0.208. The van der Waals surface area contributed by atoms with E-state index >= 15 is 0 Å². The summed E-state index contributed by atoms with van der Waals surface area (Å²) in [5, 5.41) is 5.02. The maximum absolute atomic E-state index is 13.7. The molecular weight excluding hydrogens is 398 g/mol. The molecule has 5 nitrogen and oxygen atoms in total. The topological polar surface area (TPSA) is 51.0 Å². The summed E-state index contributed by atoms with van der Waals surface area (Å²) in [4.78, 5) is 19.8. The number of hydrogen-bond donors (Lipinski definition) is 0. The summed E-state index contributed by atoms with van der Waals surface area (Å²) in [5.74, 6) is -2.11. The van der Waals surface area contributed by atoms with Crippen molar-refractivity contribution in [1.29, 1.82) is 0 Å². The van der Waals surface area contributed by atoms with Crippen molar-refractivity contribution in [3.05, 3.63) is 83.6 Å². The molecule has 0 bridgehead atoms. The molecular formula is C24H22F2N4O. The van der Waals surface area contributed by atoms with E-state index in [-0.39, 0.29) is 5.91 Å². The van der Waals surface area contributed by atoms with Crippen molar-refractivity contribution in [2.75, 3.05) is 7.05 Å². The molecule has 0 radical (unpaired) electrons. The highest BCUT2D eigenvalue weighted by atomic mass is 19.2. The number of aromatic nitrogens is 3. The van der Waals surface area contributed by atoms with Crippen LogP contribution in [-0.2, 0) is 6.54 Å². The highest BCUT2D eigenvalue weighted by molar-refractivity contribution is 6.06. The molecule has 2 aromatic heterocycles. The van der Waals surface area contributed by atoms with E-state index in [9.17, 15) is 13.6 Å². The average molecular weight is 420 g/mol. The Morgan fingerprint density at radius 1 is 1.10 bits per heavy atom. The lowest BCUT2D eigenvalue weighted by molar-refractivity contribution is 0.0744. The largest absolute Gasteiger partial charge is 0.335 e. The number of pyridine rings is 1. The molecule has 7 heteroatoms. The van der Waals surface area contributed by atoms with Crippen LogP contribution in [0.2, 0.25) is 0 Å². The molecule has 0 saturated carbocycles. The van der Waals surface area contributed by atoms with Gasteiger partial charge in [0.2, 0.25) is 0 Å². The van der Waals surface area contributed by atoms with E-state index in [1.54, 1.807) is 30.9 Å². The Balaban J connectivity index is 1.79. The van der Waals surface area contributed by atoms with Crippen molar-refractivity contribution in [3.63, 3.8) is 0 Å². The van der Waals surface area contributed by atoms with Gasteiger partial charge in [0, 0.05) is 19.2 Å². The number of halogens is 2. The van der Waals surface area contributed by atoms with Crippen LogP contribution in [0.4, 0.5) is 8.78 Å². The second kappa shape index (κ2) is 8.26. The minimum absolute atomic E-state index is 0.252. The number of rotatable bonds is 5. The molecule has 0 fully saturated rings. The standard InChI is InChI=1S/C24H22F2N4O/c1-4-30-23-19(14-27-30)18(13-22(28-23)16-8-6-5-7-9-16)24(31)29(3)15(2)17-10-11-20(25)21(26)12-17/h5-15H,4H2,1-3H3. The second-order valence-corrected chi connectivity index (χ2v) is 7.38. The summed E-state index contributed by atoms with van der Waals surface area (Å²) >= 11 is 0. The highest BCUT2D eigenvalue weighted by Gasteiger charge is 2.24. The second-order valence-electron chi connectivity index (χ2n) is 7.38. The Labute approximate surface area is 178 Å². The summed E-state index contributed by atoms with van der Waals surface area (Å²) in [6, 6.07) is 14.6. The van der Waals surface area contributed by atoms with Gasteiger partial charge in [0.1, 0.15) is 0 Å². The Kier molecular flexibility index (Phi) is 5.50. The minimum Gasteiger partial charge on any atom is -0.335 e. The van der Waals surface area contributed by atoms with Gasteiger partial charge in [-0.2, -0.15) is 5.10 Å². The first kappa shape index (κ1) is 20.7. The molecule has 0 N–H and O–H groups in total. The molecule has 4 rings (SSSR count). The van der Waals surface area contributed by atoms with Crippen molar-refractivity contribution < 1.29 is 13.6 Å². The third-order valence-electron chi connectivity index (χ3n) is 5.54. The first-order chi connectivity index (χ1) is 14.9. The summed E-state index contributed by atoms with van der Waals surface area (Å²) in [5.41, 5.74) is 3.15. The van der Waals surface area contributed by atoms with E-state index in [0.29, 0.717) is 34.4 Å². The normalized spacial score (nSPS) is 12.2. The molecule has 0 aliphatic heterocycles. The van der Waals surface area contributed by atoms with Crippen molar-refractivity contribution in [2.24, 2.45) is 0 Å². The van der Waals surface area contributed by atoms with Gasteiger partial charge in [0.05, 0.1) is 28.9 Å². The smallest absolute Gasteiger partial charge is 0.254 e. The number of aryl methyl sites for hydroxylation is 1. The van der Waals surface area contributed by atoms with Gasteiger partial charge in [-0.1, -0.05) is 36.4 Å². The summed E-state index contributed by atoms with van der Waals surface area (Å²) in [6.45, 7) is 4.35. The SMILES string of the molecule is CCn1ncc2c(C(=O)N(C)C(C)c3ccc(F)c(F)c3)cc(-c3ccccc3)nc21. The lowest BCUT2D eigenvalue weighted by Crippen LogP contribution is -2.30. The van der Waals surface area contributed by atoms with Gasteiger partial charge in [0.15, 0.2) is 17.3 Å². The van der Waals surface area contributed by atoms with Crippen LogP contribution >= 0.6 is 0 Å². The first-order valence-corrected chi connectivity index (χ1v) is 10.0. The molecule has 1 unspecified atom stereocenters. The number of amides is 1. The number of carbonyl (C=O) groups is 1. The Morgan fingerprint density at radius 2 is 1.84 bits per heavy atom.